The van der Waals surface area contributed by atoms with Gasteiger partial charge in [-0.15, -0.1) is 11.6 Å². The number of hydrogen-bond donors (Lipinski definition) is 0. The lowest BCUT2D eigenvalue weighted by Gasteiger charge is -2.20. The van der Waals surface area contributed by atoms with Crippen molar-refractivity contribution >= 4 is 23.0 Å². The molecule has 0 bridgehead atoms. The van der Waals surface area contributed by atoms with E-state index in [1.54, 1.807) is 6.20 Å². The fraction of sp³-hybridized carbons (Fsp3) is 0.364. The van der Waals surface area contributed by atoms with E-state index in [0.717, 1.165) is 4.90 Å². The first kappa shape index (κ1) is 13.7. The molecule has 0 unspecified atom stereocenters. The van der Waals surface area contributed by atoms with Crippen LogP contribution in [0.3, 0.4) is 0 Å². The van der Waals surface area contributed by atoms with Gasteiger partial charge in [0.05, 0.1) is 30.0 Å². The molecular formula is C11H11ClF2N4O. The quantitative estimate of drug-likeness (QED) is 0.787. The molecule has 0 fully saturated rings. The Bertz CT molecular complexity index is 575. The van der Waals surface area contributed by atoms with Gasteiger partial charge in [-0.1, -0.05) is 0 Å². The van der Waals surface area contributed by atoms with Crippen molar-refractivity contribution in [3.63, 3.8) is 0 Å². The summed E-state index contributed by atoms with van der Waals surface area (Å²) >= 11 is 5.53. The van der Waals surface area contributed by atoms with Gasteiger partial charge in [-0.05, 0) is 0 Å². The standard InChI is InChI=1S/C11H11ClF2N4O/c12-1-3-17(7-10(13)14)11(19)8-5-16-18-4-2-15-6-9(8)18/h2,4-6,10H,1,3,7H2. The number of carbonyl (C=O) groups excluding carboxylic acids is 1. The lowest BCUT2D eigenvalue weighted by atomic mass is 10.2. The van der Waals surface area contributed by atoms with Crippen LogP contribution in [0.2, 0.25) is 0 Å². The van der Waals surface area contributed by atoms with Crippen molar-refractivity contribution in [3.8, 4) is 0 Å². The molecule has 2 aromatic heterocycles. The van der Waals surface area contributed by atoms with E-state index in [9.17, 15) is 13.6 Å². The van der Waals surface area contributed by atoms with Crippen molar-refractivity contribution in [2.45, 2.75) is 6.43 Å². The number of rotatable bonds is 5. The molecule has 1 amide bonds. The van der Waals surface area contributed by atoms with Gasteiger partial charge in [0.1, 0.15) is 0 Å². The summed E-state index contributed by atoms with van der Waals surface area (Å²) in [4.78, 5) is 17.1. The Morgan fingerprint density at radius 1 is 1.47 bits per heavy atom. The van der Waals surface area contributed by atoms with Crippen LogP contribution in [0.1, 0.15) is 10.4 Å². The molecule has 0 aliphatic carbocycles. The molecule has 0 aliphatic rings. The predicted molar refractivity (Wildman–Crippen MR) is 65.6 cm³/mol. The molecule has 19 heavy (non-hydrogen) atoms. The van der Waals surface area contributed by atoms with E-state index in [1.807, 2.05) is 0 Å². The molecule has 0 aromatic carbocycles. The highest BCUT2D eigenvalue weighted by atomic mass is 35.5. The highest BCUT2D eigenvalue weighted by Gasteiger charge is 2.22. The highest BCUT2D eigenvalue weighted by Crippen LogP contribution is 2.13. The molecule has 0 atom stereocenters. The van der Waals surface area contributed by atoms with Crippen molar-refractivity contribution in [1.29, 1.82) is 0 Å². The van der Waals surface area contributed by atoms with E-state index in [0.29, 0.717) is 5.52 Å². The Morgan fingerprint density at radius 2 is 2.26 bits per heavy atom. The zero-order chi connectivity index (χ0) is 13.8. The van der Waals surface area contributed by atoms with Crippen LogP contribution in [0.5, 0.6) is 0 Å². The third kappa shape index (κ3) is 2.98. The monoisotopic (exact) mass is 288 g/mol. The Balaban J connectivity index is 2.30. The van der Waals surface area contributed by atoms with Crippen molar-refractivity contribution in [2.75, 3.05) is 19.0 Å². The first-order valence-electron chi connectivity index (χ1n) is 5.54. The van der Waals surface area contributed by atoms with Crippen LogP contribution >= 0.6 is 11.6 Å². The van der Waals surface area contributed by atoms with Crippen molar-refractivity contribution in [3.05, 3.63) is 30.4 Å². The Hall–Kier alpha value is -1.76. The summed E-state index contributed by atoms with van der Waals surface area (Å²) in [5.41, 5.74) is 0.709. The van der Waals surface area contributed by atoms with Gasteiger partial charge in [0.2, 0.25) is 0 Å². The lowest BCUT2D eigenvalue weighted by molar-refractivity contribution is 0.0572. The lowest BCUT2D eigenvalue weighted by Crippen LogP contribution is -2.36. The Kier molecular flexibility index (Phi) is 4.26. The highest BCUT2D eigenvalue weighted by molar-refractivity contribution is 6.18. The average Bonchev–Trinajstić information content (AvgIpc) is 2.80. The molecule has 0 aliphatic heterocycles. The Morgan fingerprint density at radius 3 is 2.95 bits per heavy atom. The number of aromatic nitrogens is 3. The SMILES string of the molecule is O=C(c1cnn2ccncc12)N(CCCl)CC(F)F. The van der Waals surface area contributed by atoms with E-state index >= 15 is 0 Å². The van der Waals surface area contributed by atoms with Gasteiger partial charge >= 0.3 is 0 Å². The molecule has 0 saturated heterocycles. The van der Waals surface area contributed by atoms with Crippen molar-refractivity contribution < 1.29 is 13.6 Å². The second kappa shape index (κ2) is 5.92. The molecule has 2 heterocycles. The number of hydrogen-bond acceptors (Lipinski definition) is 3. The third-order valence-corrected chi connectivity index (χ3v) is 2.72. The second-order valence-corrected chi connectivity index (χ2v) is 4.17. The number of amides is 1. The summed E-state index contributed by atoms with van der Waals surface area (Å²) in [6, 6.07) is 0. The maximum Gasteiger partial charge on any atom is 0.257 e. The summed E-state index contributed by atoms with van der Waals surface area (Å²) in [5, 5.41) is 3.97. The van der Waals surface area contributed by atoms with Gasteiger partial charge in [0.15, 0.2) is 0 Å². The van der Waals surface area contributed by atoms with Crippen LogP contribution in [0.25, 0.3) is 5.52 Å². The number of nitrogens with zero attached hydrogens (tertiary/aromatic N) is 4. The molecule has 0 N–H and O–H groups in total. The minimum atomic E-state index is -2.60. The van der Waals surface area contributed by atoms with Gasteiger partial charge in [-0.3, -0.25) is 9.78 Å². The van der Waals surface area contributed by atoms with Crippen LogP contribution in [-0.4, -0.2) is 50.8 Å². The summed E-state index contributed by atoms with van der Waals surface area (Å²) in [6.07, 6.45) is 3.29. The van der Waals surface area contributed by atoms with Crippen LogP contribution < -0.4 is 0 Å². The molecule has 0 saturated carbocycles. The van der Waals surface area contributed by atoms with Crippen LogP contribution in [0.15, 0.2) is 24.8 Å². The summed E-state index contributed by atoms with van der Waals surface area (Å²) in [6.45, 7) is -0.592. The van der Waals surface area contributed by atoms with E-state index in [4.69, 9.17) is 11.6 Å². The van der Waals surface area contributed by atoms with Crippen LogP contribution in [0.4, 0.5) is 8.78 Å². The fourth-order valence-corrected chi connectivity index (χ4v) is 1.92. The average molecular weight is 289 g/mol. The smallest absolute Gasteiger partial charge is 0.257 e. The van der Waals surface area contributed by atoms with Gasteiger partial charge in [0.25, 0.3) is 12.3 Å². The van der Waals surface area contributed by atoms with Gasteiger partial charge < -0.3 is 4.90 Å². The summed E-state index contributed by atoms with van der Waals surface area (Å²) in [7, 11) is 0. The predicted octanol–water partition coefficient (Wildman–Crippen LogP) is 1.68. The normalized spacial score (nSPS) is 11.2. The van der Waals surface area contributed by atoms with E-state index in [-0.39, 0.29) is 18.0 Å². The number of fused-ring (bicyclic) bond motifs is 1. The first-order valence-corrected chi connectivity index (χ1v) is 6.07. The molecule has 8 heteroatoms. The third-order valence-electron chi connectivity index (χ3n) is 2.56. The summed E-state index contributed by atoms with van der Waals surface area (Å²) in [5.74, 6) is -0.431. The maximum atomic E-state index is 12.5. The van der Waals surface area contributed by atoms with Crippen LogP contribution in [0, 0.1) is 0 Å². The van der Waals surface area contributed by atoms with Gasteiger partial charge in [-0.2, -0.15) is 5.10 Å². The zero-order valence-corrected chi connectivity index (χ0v) is 10.6. The molecular weight excluding hydrogens is 278 g/mol. The molecule has 0 radical (unpaired) electrons. The van der Waals surface area contributed by atoms with Crippen molar-refractivity contribution in [1.82, 2.24) is 19.5 Å². The molecule has 2 rings (SSSR count). The van der Waals surface area contributed by atoms with Gasteiger partial charge in [-0.25, -0.2) is 13.3 Å². The second-order valence-electron chi connectivity index (χ2n) is 3.80. The number of carbonyl (C=O) groups is 1. The van der Waals surface area contributed by atoms with Gasteiger partial charge in [0, 0.05) is 24.8 Å². The largest absolute Gasteiger partial charge is 0.332 e. The van der Waals surface area contributed by atoms with E-state index < -0.39 is 18.9 Å². The van der Waals surface area contributed by atoms with Crippen molar-refractivity contribution in [2.24, 2.45) is 0 Å². The molecule has 2 aromatic rings. The fourth-order valence-electron chi connectivity index (χ4n) is 1.71. The van der Waals surface area contributed by atoms with E-state index in [2.05, 4.69) is 10.1 Å². The zero-order valence-electron chi connectivity index (χ0n) is 9.84. The minimum absolute atomic E-state index is 0.0579. The topological polar surface area (TPSA) is 50.5 Å². The first-order chi connectivity index (χ1) is 9.13. The molecule has 102 valence electrons. The van der Waals surface area contributed by atoms with Crippen LogP contribution in [-0.2, 0) is 0 Å². The molecule has 5 nitrogen and oxygen atoms in total. The summed E-state index contributed by atoms with van der Waals surface area (Å²) < 4.78 is 26.4. The number of halogens is 3. The maximum absolute atomic E-state index is 12.5. The minimum Gasteiger partial charge on any atom is -0.332 e. The Labute approximate surface area is 112 Å². The number of alkyl halides is 3. The molecule has 0 spiro atoms. The van der Waals surface area contributed by atoms with E-state index in [1.165, 1.54) is 23.1 Å².